The molecule has 2 aromatic heterocycles. The molecular formula is C18H30N6O. The van der Waals surface area contributed by atoms with Crippen molar-refractivity contribution in [2.45, 2.75) is 45.2 Å². The fourth-order valence-electron chi connectivity index (χ4n) is 3.86. The van der Waals surface area contributed by atoms with Crippen LogP contribution in [0.1, 0.15) is 56.1 Å². The van der Waals surface area contributed by atoms with Crippen LogP contribution in [0, 0.1) is 5.92 Å². The topological polar surface area (TPSA) is 63.2 Å². The Morgan fingerprint density at radius 1 is 1.36 bits per heavy atom. The van der Waals surface area contributed by atoms with E-state index in [-0.39, 0.29) is 5.92 Å². The van der Waals surface area contributed by atoms with Crippen LogP contribution < -0.4 is 0 Å². The fraction of sp³-hybridized carbons (Fsp3) is 0.722. The third-order valence-corrected chi connectivity index (χ3v) is 5.10. The molecule has 3 heterocycles. The molecule has 1 aliphatic rings. The number of aromatic nitrogens is 4. The molecule has 3 rings (SSSR count). The first kappa shape index (κ1) is 18.1. The van der Waals surface area contributed by atoms with Crippen LogP contribution in [0.3, 0.4) is 0 Å². The summed E-state index contributed by atoms with van der Waals surface area (Å²) in [4.78, 5) is 9.27. The molecule has 0 amide bonds. The zero-order valence-corrected chi connectivity index (χ0v) is 16.0. The molecule has 7 heteroatoms. The summed E-state index contributed by atoms with van der Waals surface area (Å²) in [5.74, 6) is 2.32. The molecule has 0 aromatic carbocycles. The number of hydrogen-bond donors (Lipinski definition) is 0. The van der Waals surface area contributed by atoms with E-state index >= 15 is 0 Å². The van der Waals surface area contributed by atoms with Gasteiger partial charge < -0.3 is 4.52 Å². The monoisotopic (exact) mass is 346 g/mol. The van der Waals surface area contributed by atoms with E-state index in [1.165, 1.54) is 18.5 Å². The van der Waals surface area contributed by atoms with Gasteiger partial charge in [-0.3, -0.25) is 14.5 Å². The van der Waals surface area contributed by atoms with Crippen molar-refractivity contribution in [1.29, 1.82) is 0 Å². The third kappa shape index (κ3) is 4.10. The Bertz CT molecular complexity index is 679. The number of nitrogens with zero attached hydrogens (tertiary/aromatic N) is 6. The molecule has 1 saturated heterocycles. The van der Waals surface area contributed by atoms with E-state index in [4.69, 9.17) is 4.52 Å². The third-order valence-electron chi connectivity index (χ3n) is 5.10. The van der Waals surface area contributed by atoms with Gasteiger partial charge in [0, 0.05) is 25.7 Å². The van der Waals surface area contributed by atoms with Crippen LogP contribution in [-0.2, 0) is 13.6 Å². The fourth-order valence-corrected chi connectivity index (χ4v) is 3.86. The van der Waals surface area contributed by atoms with Crippen molar-refractivity contribution in [3.63, 3.8) is 0 Å². The van der Waals surface area contributed by atoms with Crippen molar-refractivity contribution in [2.24, 2.45) is 13.0 Å². The van der Waals surface area contributed by atoms with E-state index in [0.29, 0.717) is 24.4 Å². The van der Waals surface area contributed by atoms with Crippen LogP contribution >= 0.6 is 0 Å². The molecule has 25 heavy (non-hydrogen) atoms. The van der Waals surface area contributed by atoms with Crippen LogP contribution in [0.2, 0.25) is 0 Å². The maximum absolute atomic E-state index is 5.32. The van der Waals surface area contributed by atoms with E-state index in [9.17, 15) is 0 Å². The van der Waals surface area contributed by atoms with Gasteiger partial charge in [-0.05, 0) is 45.5 Å². The number of likely N-dealkylation sites (tertiary alicyclic amines) is 1. The molecule has 0 spiro atoms. The zero-order chi connectivity index (χ0) is 18.0. The van der Waals surface area contributed by atoms with E-state index < -0.39 is 0 Å². The molecule has 138 valence electrons. The summed E-state index contributed by atoms with van der Waals surface area (Å²) >= 11 is 0. The van der Waals surface area contributed by atoms with Crippen molar-refractivity contribution in [3.8, 4) is 0 Å². The molecule has 0 aliphatic carbocycles. The van der Waals surface area contributed by atoms with Crippen LogP contribution in [0.25, 0.3) is 0 Å². The Hall–Kier alpha value is -1.73. The van der Waals surface area contributed by atoms with Crippen molar-refractivity contribution in [2.75, 3.05) is 27.2 Å². The minimum atomic E-state index is 0.271. The Morgan fingerprint density at radius 3 is 2.80 bits per heavy atom. The van der Waals surface area contributed by atoms with E-state index in [1.807, 2.05) is 17.9 Å². The number of aryl methyl sites for hydroxylation is 1. The second-order valence-electron chi connectivity index (χ2n) is 7.61. The summed E-state index contributed by atoms with van der Waals surface area (Å²) < 4.78 is 7.33. The van der Waals surface area contributed by atoms with Gasteiger partial charge in [-0.15, -0.1) is 0 Å². The molecule has 0 saturated carbocycles. The highest BCUT2D eigenvalue weighted by atomic mass is 16.5. The second kappa shape index (κ2) is 7.66. The zero-order valence-electron chi connectivity index (χ0n) is 16.0. The van der Waals surface area contributed by atoms with E-state index in [2.05, 4.69) is 59.0 Å². The average Bonchev–Trinajstić information content (AvgIpc) is 3.17. The van der Waals surface area contributed by atoms with Gasteiger partial charge in [-0.25, -0.2) is 0 Å². The van der Waals surface area contributed by atoms with Crippen molar-refractivity contribution in [1.82, 2.24) is 29.7 Å². The summed E-state index contributed by atoms with van der Waals surface area (Å²) in [6, 6.07) is 2.55. The first-order valence-corrected chi connectivity index (χ1v) is 9.15. The lowest BCUT2D eigenvalue weighted by molar-refractivity contribution is 0.0864. The lowest BCUT2D eigenvalue weighted by atomic mass is 9.87. The van der Waals surface area contributed by atoms with Gasteiger partial charge >= 0.3 is 0 Å². The Kier molecular flexibility index (Phi) is 5.54. The molecule has 0 bridgehead atoms. The highest BCUT2D eigenvalue weighted by Gasteiger charge is 2.33. The molecule has 2 aromatic rings. The summed E-state index contributed by atoms with van der Waals surface area (Å²) in [5, 5.41) is 8.49. The Balaban J connectivity index is 1.67. The predicted octanol–water partition coefficient (Wildman–Crippen LogP) is 2.44. The molecule has 0 N–H and O–H groups in total. The lowest BCUT2D eigenvalue weighted by Crippen LogP contribution is -2.41. The summed E-state index contributed by atoms with van der Waals surface area (Å²) in [5.41, 5.74) is 1.29. The number of hydrogen-bond acceptors (Lipinski definition) is 6. The van der Waals surface area contributed by atoms with Gasteiger partial charge in [0.15, 0.2) is 5.82 Å². The van der Waals surface area contributed by atoms with E-state index in [0.717, 1.165) is 18.9 Å². The average molecular weight is 346 g/mol. The number of piperidine rings is 1. The van der Waals surface area contributed by atoms with E-state index in [1.54, 1.807) is 0 Å². The maximum Gasteiger partial charge on any atom is 0.229 e. The molecule has 0 unspecified atom stereocenters. The molecular weight excluding hydrogens is 316 g/mol. The number of rotatable bonds is 6. The van der Waals surface area contributed by atoms with Gasteiger partial charge in [-0.2, -0.15) is 10.1 Å². The first-order valence-electron chi connectivity index (χ1n) is 9.15. The SMILES string of the molecule is CC(C)c1nc(CN(C)C[C@@H]2CCCN(C)[C@H]2c2ccnn2C)no1. The minimum absolute atomic E-state index is 0.271. The molecule has 7 nitrogen and oxygen atoms in total. The van der Waals surface area contributed by atoms with Crippen molar-refractivity contribution in [3.05, 3.63) is 29.7 Å². The van der Waals surface area contributed by atoms with Crippen molar-refractivity contribution >= 4 is 0 Å². The molecule has 0 radical (unpaired) electrons. The normalized spacial score (nSPS) is 22.2. The summed E-state index contributed by atoms with van der Waals surface area (Å²) in [6.45, 7) is 6.99. The van der Waals surface area contributed by atoms with Gasteiger partial charge in [0.25, 0.3) is 0 Å². The minimum Gasteiger partial charge on any atom is -0.339 e. The molecule has 1 fully saturated rings. The van der Waals surface area contributed by atoms with Crippen LogP contribution in [0.4, 0.5) is 0 Å². The Labute approximate surface area is 150 Å². The highest BCUT2D eigenvalue weighted by molar-refractivity contribution is 5.10. The van der Waals surface area contributed by atoms with Gasteiger partial charge in [-0.1, -0.05) is 19.0 Å². The predicted molar refractivity (Wildman–Crippen MR) is 96.0 cm³/mol. The maximum atomic E-state index is 5.32. The quantitative estimate of drug-likeness (QED) is 0.800. The Morgan fingerprint density at radius 2 is 2.16 bits per heavy atom. The van der Waals surface area contributed by atoms with Gasteiger partial charge in [0.1, 0.15) is 0 Å². The standard InChI is InChI=1S/C18H30N6O/c1-13(2)18-20-16(21-25-18)12-22(3)11-14-7-6-10-23(4)17(14)15-8-9-19-24(15)5/h8-9,13-14,17H,6-7,10-12H2,1-5H3/t14-,17+/m0/s1. The highest BCUT2D eigenvalue weighted by Crippen LogP contribution is 2.35. The smallest absolute Gasteiger partial charge is 0.229 e. The van der Waals surface area contributed by atoms with Crippen molar-refractivity contribution < 1.29 is 4.52 Å². The lowest BCUT2D eigenvalue weighted by Gasteiger charge is -2.40. The molecule has 2 atom stereocenters. The first-order chi connectivity index (χ1) is 12.0. The van der Waals surface area contributed by atoms with Gasteiger partial charge in [0.05, 0.1) is 18.3 Å². The van der Waals surface area contributed by atoms with Crippen LogP contribution in [0.5, 0.6) is 0 Å². The van der Waals surface area contributed by atoms with Gasteiger partial charge in [0.2, 0.25) is 5.89 Å². The summed E-state index contributed by atoms with van der Waals surface area (Å²) in [6.07, 6.45) is 4.36. The summed E-state index contributed by atoms with van der Waals surface area (Å²) in [7, 11) is 6.39. The molecule has 1 aliphatic heterocycles. The second-order valence-corrected chi connectivity index (χ2v) is 7.61. The largest absolute Gasteiger partial charge is 0.339 e. The van der Waals surface area contributed by atoms with Crippen LogP contribution in [-0.4, -0.2) is 56.9 Å². The van der Waals surface area contributed by atoms with Crippen LogP contribution in [0.15, 0.2) is 16.8 Å².